The normalized spacial score (nSPS) is 23.6. The monoisotopic (exact) mass is 246 g/mol. The summed E-state index contributed by atoms with van der Waals surface area (Å²) in [6.07, 6.45) is 4.93. The van der Waals surface area contributed by atoms with Gasteiger partial charge in [0.05, 0.1) is 0 Å². The lowest BCUT2D eigenvalue weighted by Crippen LogP contribution is -2.38. The summed E-state index contributed by atoms with van der Waals surface area (Å²) in [7, 11) is 0. The van der Waals surface area contributed by atoms with E-state index in [2.05, 4.69) is 35.6 Å². The van der Waals surface area contributed by atoms with E-state index in [0.29, 0.717) is 24.9 Å². The molecule has 0 atom stereocenters. The average Bonchev–Trinajstić information content (AvgIpc) is 2.41. The summed E-state index contributed by atoms with van der Waals surface area (Å²) in [6.45, 7) is 0.436. The van der Waals surface area contributed by atoms with E-state index in [-0.39, 0.29) is 5.91 Å². The van der Waals surface area contributed by atoms with Crippen molar-refractivity contribution in [3.05, 3.63) is 35.9 Å². The molecule has 3 nitrogen and oxygen atoms in total. The van der Waals surface area contributed by atoms with Gasteiger partial charge in [-0.05, 0) is 37.2 Å². The summed E-state index contributed by atoms with van der Waals surface area (Å²) in [4.78, 5) is 11.5. The van der Waals surface area contributed by atoms with Gasteiger partial charge in [0.15, 0.2) is 0 Å². The molecule has 0 heterocycles. The van der Waals surface area contributed by atoms with Gasteiger partial charge in [-0.15, -0.1) is 0 Å². The maximum atomic E-state index is 11.5. The third-order valence-corrected chi connectivity index (χ3v) is 3.73. The van der Waals surface area contributed by atoms with Gasteiger partial charge < -0.3 is 11.1 Å². The van der Waals surface area contributed by atoms with Crippen LogP contribution in [0.2, 0.25) is 0 Å². The zero-order valence-corrected chi connectivity index (χ0v) is 10.8. The van der Waals surface area contributed by atoms with Crippen molar-refractivity contribution >= 4 is 5.91 Å². The standard InChI is InChI=1S/C15H22N2O/c16-11-10-15(18)17-14-8-6-13(7-9-14)12-4-2-1-3-5-12/h1-5,13-14H,6-11,16H2,(H,17,18). The molecule has 1 aliphatic rings. The minimum atomic E-state index is 0.0978. The van der Waals surface area contributed by atoms with E-state index in [1.54, 1.807) is 0 Å². The van der Waals surface area contributed by atoms with Crippen molar-refractivity contribution in [3.63, 3.8) is 0 Å². The van der Waals surface area contributed by atoms with E-state index >= 15 is 0 Å². The van der Waals surface area contributed by atoms with Gasteiger partial charge in [0, 0.05) is 19.0 Å². The lowest BCUT2D eigenvalue weighted by atomic mass is 9.82. The Labute approximate surface area is 109 Å². The van der Waals surface area contributed by atoms with Gasteiger partial charge in [-0.25, -0.2) is 0 Å². The van der Waals surface area contributed by atoms with Crippen LogP contribution in [0.4, 0.5) is 0 Å². The first-order valence-corrected chi connectivity index (χ1v) is 6.84. The van der Waals surface area contributed by atoms with Crippen LogP contribution in [0.15, 0.2) is 30.3 Å². The Morgan fingerprint density at radius 3 is 2.44 bits per heavy atom. The quantitative estimate of drug-likeness (QED) is 0.855. The average molecular weight is 246 g/mol. The second kappa shape index (κ2) is 6.55. The van der Waals surface area contributed by atoms with Gasteiger partial charge in [-0.2, -0.15) is 0 Å². The molecule has 0 aliphatic heterocycles. The molecule has 0 unspecified atom stereocenters. The Bertz CT molecular complexity index is 369. The van der Waals surface area contributed by atoms with E-state index in [1.165, 1.54) is 5.56 Å². The molecule has 1 saturated carbocycles. The van der Waals surface area contributed by atoms with Crippen LogP contribution in [0.1, 0.15) is 43.6 Å². The fourth-order valence-electron chi connectivity index (χ4n) is 2.73. The summed E-state index contributed by atoms with van der Waals surface area (Å²) < 4.78 is 0. The SMILES string of the molecule is NCCC(=O)NC1CCC(c2ccccc2)CC1. The Morgan fingerprint density at radius 1 is 1.17 bits per heavy atom. The Morgan fingerprint density at radius 2 is 1.83 bits per heavy atom. The van der Waals surface area contributed by atoms with E-state index in [4.69, 9.17) is 5.73 Å². The van der Waals surface area contributed by atoms with Crippen LogP contribution in [-0.4, -0.2) is 18.5 Å². The summed E-state index contributed by atoms with van der Waals surface area (Å²) >= 11 is 0. The van der Waals surface area contributed by atoms with Crippen molar-refractivity contribution in [2.24, 2.45) is 5.73 Å². The lowest BCUT2D eigenvalue weighted by Gasteiger charge is -2.29. The number of benzene rings is 1. The molecular formula is C15H22N2O. The summed E-state index contributed by atoms with van der Waals surface area (Å²) in [5, 5.41) is 3.07. The van der Waals surface area contributed by atoms with Crippen molar-refractivity contribution in [3.8, 4) is 0 Å². The van der Waals surface area contributed by atoms with E-state index in [1.807, 2.05) is 0 Å². The van der Waals surface area contributed by atoms with Crippen molar-refractivity contribution in [1.29, 1.82) is 0 Å². The topological polar surface area (TPSA) is 55.1 Å². The minimum absolute atomic E-state index is 0.0978. The number of rotatable bonds is 4. The number of nitrogens with two attached hydrogens (primary N) is 1. The summed E-state index contributed by atoms with van der Waals surface area (Å²) in [6, 6.07) is 11.0. The zero-order valence-electron chi connectivity index (χ0n) is 10.8. The number of amides is 1. The largest absolute Gasteiger partial charge is 0.353 e. The van der Waals surface area contributed by atoms with Crippen LogP contribution < -0.4 is 11.1 Å². The molecule has 0 bridgehead atoms. The predicted octanol–water partition coefficient (Wildman–Crippen LogP) is 2.18. The van der Waals surface area contributed by atoms with Gasteiger partial charge in [-0.3, -0.25) is 4.79 Å². The van der Waals surface area contributed by atoms with E-state index < -0.39 is 0 Å². The van der Waals surface area contributed by atoms with Crippen LogP contribution in [0.25, 0.3) is 0 Å². The molecule has 1 amide bonds. The molecule has 98 valence electrons. The molecule has 1 aromatic rings. The molecule has 3 heteroatoms. The van der Waals surface area contributed by atoms with Crippen molar-refractivity contribution < 1.29 is 4.79 Å². The number of hydrogen-bond acceptors (Lipinski definition) is 2. The van der Waals surface area contributed by atoms with Crippen molar-refractivity contribution in [2.45, 2.75) is 44.1 Å². The third-order valence-electron chi connectivity index (χ3n) is 3.73. The molecular weight excluding hydrogens is 224 g/mol. The first kappa shape index (κ1) is 13.1. The number of carbonyl (C=O) groups excluding carboxylic acids is 1. The van der Waals surface area contributed by atoms with Crippen LogP contribution in [0.3, 0.4) is 0 Å². The fraction of sp³-hybridized carbons (Fsp3) is 0.533. The summed E-state index contributed by atoms with van der Waals surface area (Å²) in [5.74, 6) is 0.759. The van der Waals surface area contributed by atoms with E-state index in [0.717, 1.165) is 25.7 Å². The number of carbonyl (C=O) groups is 1. The highest BCUT2D eigenvalue weighted by atomic mass is 16.1. The van der Waals surface area contributed by atoms with Crippen LogP contribution in [0, 0.1) is 0 Å². The molecule has 1 aromatic carbocycles. The highest BCUT2D eigenvalue weighted by molar-refractivity contribution is 5.76. The molecule has 3 N–H and O–H groups in total. The molecule has 0 aromatic heterocycles. The Balaban J connectivity index is 1.80. The van der Waals surface area contributed by atoms with Gasteiger partial charge >= 0.3 is 0 Å². The molecule has 1 fully saturated rings. The van der Waals surface area contributed by atoms with Gasteiger partial charge in [0.2, 0.25) is 5.91 Å². The molecule has 0 spiro atoms. The highest BCUT2D eigenvalue weighted by Gasteiger charge is 2.22. The lowest BCUT2D eigenvalue weighted by molar-refractivity contribution is -0.121. The second-order valence-corrected chi connectivity index (χ2v) is 5.07. The fourth-order valence-corrected chi connectivity index (χ4v) is 2.73. The minimum Gasteiger partial charge on any atom is -0.353 e. The first-order chi connectivity index (χ1) is 8.79. The smallest absolute Gasteiger partial charge is 0.221 e. The molecule has 18 heavy (non-hydrogen) atoms. The number of hydrogen-bond donors (Lipinski definition) is 2. The zero-order chi connectivity index (χ0) is 12.8. The molecule has 2 rings (SSSR count). The second-order valence-electron chi connectivity index (χ2n) is 5.07. The number of nitrogens with one attached hydrogen (secondary N) is 1. The predicted molar refractivity (Wildman–Crippen MR) is 73.3 cm³/mol. The summed E-state index contributed by atoms with van der Waals surface area (Å²) in [5.41, 5.74) is 6.81. The Kier molecular flexibility index (Phi) is 4.76. The van der Waals surface area contributed by atoms with Gasteiger partial charge in [-0.1, -0.05) is 30.3 Å². The van der Waals surface area contributed by atoms with Gasteiger partial charge in [0.1, 0.15) is 0 Å². The highest BCUT2D eigenvalue weighted by Crippen LogP contribution is 2.32. The third kappa shape index (κ3) is 3.57. The maximum Gasteiger partial charge on any atom is 0.221 e. The first-order valence-electron chi connectivity index (χ1n) is 6.84. The van der Waals surface area contributed by atoms with Gasteiger partial charge in [0.25, 0.3) is 0 Å². The van der Waals surface area contributed by atoms with Crippen molar-refractivity contribution in [1.82, 2.24) is 5.32 Å². The van der Waals surface area contributed by atoms with Crippen LogP contribution >= 0.6 is 0 Å². The van der Waals surface area contributed by atoms with Crippen LogP contribution in [-0.2, 0) is 4.79 Å². The van der Waals surface area contributed by atoms with Crippen LogP contribution in [0.5, 0.6) is 0 Å². The molecule has 0 radical (unpaired) electrons. The van der Waals surface area contributed by atoms with E-state index in [9.17, 15) is 4.79 Å². The Hall–Kier alpha value is -1.35. The molecule has 0 saturated heterocycles. The maximum absolute atomic E-state index is 11.5. The van der Waals surface area contributed by atoms with Crippen molar-refractivity contribution in [2.75, 3.05) is 6.54 Å². The molecule has 1 aliphatic carbocycles.